The molecule has 1 aliphatic rings. The molecule has 1 saturated carbocycles. The number of aliphatic hydroxyl groups excluding tert-OH is 1. The maximum atomic E-state index is 10.3. The van der Waals surface area contributed by atoms with Gasteiger partial charge in [0.2, 0.25) is 0 Å². The van der Waals surface area contributed by atoms with Gasteiger partial charge in [-0.05, 0) is 30.9 Å². The van der Waals surface area contributed by atoms with Gasteiger partial charge in [-0.25, -0.2) is 4.98 Å². The van der Waals surface area contributed by atoms with E-state index in [0.717, 1.165) is 17.6 Å². The molecule has 1 heterocycles. The van der Waals surface area contributed by atoms with Crippen LogP contribution in [-0.2, 0) is 0 Å². The van der Waals surface area contributed by atoms with Crippen molar-refractivity contribution in [3.8, 4) is 6.07 Å². The molecule has 0 amide bonds. The molecule has 2 aromatic rings. The Balaban J connectivity index is 1.58. The number of para-hydroxylation sites is 2. The van der Waals surface area contributed by atoms with Gasteiger partial charge in [0, 0.05) is 6.54 Å². The van der Waals surface area contributed by atoms with E-state index in [4.69, 9.17) is 12.2 Å². The van der Waals surface area contributed by atoms with Crippen LogP contribution in [0, 0.1) is 17.2 Å². The van der Waals surface area contributed by atoms with Gasteiger partial charge >= 0.3 is 0 Å². The molecule has 7 heteroatoms. The van der Waals surface area contributed by atoms with Gasteiger partial charge in [0.1, 0.15) is 21.7 Å². The van der Waals surface area contributed by atoms with Crippen molar-refractivity contribution in [3.63, 3.8) is 0 Å². The van der Waals surface area contributed by atoms with Crippen LogP contribution in [0.5, 0.6) is 0 Å². The molecule has 0 aliphatic heterocycles. The zero-order chi connectivity index (χ0) is 18.4. The number of nitrogens with zero attached hydrogens (tertiary/aromatic N) is 2. The molecular formula is C19H22N4OS2. The van der Waals surface area contributed by atoms with E-state index in [0.29, 0.717) is 16.1 Å². The van der Waals surface area contributed by atoms with Crippen LogP contribution in [0.1, 0.15) is 37.9 Å². The maximum Gasteiger partial charge on any atom is 0.152 e. The van der Waals surface area contributed by atoms with Gasteiger partial charge in [-0.3, -0.25) is 0 Å². The quantitative estimate of drug-likeness (QED) is 0.397. The highest BCUT2D eigenvalue weighted by atomic mass is 32.2. The van der Waals surface area contributed by atoms with Crippen molar-refractivity contribution in [1.29, 1.82) is 5.26 Å². The topological polar surface area (TPSA) is 84.7 Å². The van der Waals surface area contributed by atoms with Crippen LogP contribution in [0.25, 0.3) is 16.6 Å². The van der Waals surface area contributed by atoms with Crippen LogP contribution < -0.4 is 5.32 Å². The molecule has 26 heavy (non-hydrogen) atoms. The van der Waals surface area contributed by atoms with Crippen LogP contribution >= 0.6 is 24.0 Å². The van der Waals surface area contributed by atoms with Crippen molar-refractivity contribution in [1.82, 2.24) is 15.3 Å². The summed E-state index contributed by atoms with van der Waals surface area (Å²) in [5, 5.41) is 23.1. The van der Waals surface area contributed by atoms with Gasteiger partial charge in [0.05, 0.1) is 16.8 Å². The summed E-state index contributed by atoms with van der Waals surface area (Å²) < 4.78 is 0.656. The maximum absolute atomic E-state index is 10.3. The number of aromatic amines is 1. The van der Waals surface area contributed by atoms with Crippen molar-refractivity contribution < 1.29 is 5.11 Å². The number of allylic oxidation sites excluding steroid dienone is 1. The monoisotopic (exact) mass is 386 g/mol. The Morgan fingerprint density at radius 2 is 2.12 bits per heavy atom. The Kier molecular flexibility index (Phi) is 6.53. The van der Waals surface area contributed by atoms with Crippen molar-refractivity contribution in [2.24, 2.45) is 5.92 Å². The van der Waals surface area contributed by atoms with Gasteiger partial charge in [-0.15, -0.1) is 0 Å². The SMILES string of the molecule is N#C/C(=C(\O)CSC(=S)NCC1CCCCC1)c1nc2ccccc2[nH]1. The molecule has 3 rings (SSSR count). The summed E-state index contributed by atoms with van der Waals surface area (Å²) in [6, 6.07) is 9.57. The van der Waals surface area contributed by atoms with Gasteiger partial charge in [0.15, 0.2) is 5.82 Å². The number of thioether (sulfide) groups is 1. The van der Waals surface area contributed by atoms with E-state index in [1.54, 1.807) is 0 Å². The molecule has 5 nitrogen and oxygen atoms in total. The van der Waals surface area contributed by atoms with Crippen molar-refractivity contribution in [3.05, 3.63) is 35.8 Å². The fourth-order valence-corrected chi connectivity index (χ4v) is 4.06. The van der Waals surface area contributed by atoms with Gasteiger partial charge in [0.25, 0.3) is 0 Å². The number of hydrogen-bond acceptors (Lipinski definition) is 5. The van der Waals surface area contributed by atoms with Crippen molar-refractivity contribution in [2.75, 3.05) is 12.3 Å². The van der Waals surface area contributed by atoms with Crippen LogP contribution in [0.15, 0.2) is 30.0 Å². The first-order valence-corrected chi connectivity index (χ1v) is 10.2. The Morgan fingerprint density at radius 1 is 1.35 bits per heavy atom. The van der Waals surface area contributed by atoms with Crippen LogP contribution in [0.2, 0.25) is 0 Å². The number of benzene rings is 1. The number of H-pyrrole nitrogens is 1. The van der Waals surface area contributed by atoms with Gasteiger partial charge in [-0.1, -0.05) is 55.4 Å². The lowest BCUT2D eigenvalue weighted by molar-refractivity contribution is 0.357. The highest BCUT2D eigenvalue weighted by Crippen LogP contribution is 2.24. The van der Waals surface area contributed by atoms with E-state index in [-0.39, 0.29) is 17.1 Å². The minimum Gasteiger partial charge on any atom is -0.510 e. The second-order valence-corrected chi connectivity index (χ2v) is 8.15. The van der Waals surface area contributed by atoms with Crippen LogP contribution in [-0.4, -0.2) is 31.7 Å². The van der Waals surface area contributed by atoms with E-state index in [1.807, 2.05) is 30.3 Å². The Labute approximate surface area is 162 Å². The summed E-state index contributed by atoms with van der Waals surface area (Å²) in [5.74, 6) is 1.30. The highest BCUT2D eigenvalue weighted by Gasteiger charge is 2.15. The fourth-order valence-electron chi connectivity index (χ4n) is 3.20. The van der Waals surface area contributed by atoms with Crippen LogP contribution in [0.3, 0.4) is 0 Å². The Hall–Kier alpha value is -2.04. The lowest BCUT2D eigenvalue weighted by Gasteiger charge is -2.22. The normalized spacial score (nSPS) is 16.1. The van der Waals surface area contributed by atoms with E-state index < -0.39 is 0 Å². The van der Waals surface area contributed by atoms with E-state index in [9.17, 15) is 10.4 Å². The molecule has 0 radical (unpaired) electrons. The molecular weight excluding hydrogens is 364 g/mol. The third-order valence-corrected chi connectivity index (χ3v) is 5.95. The standard InChI is InChI=1S/C19H22N4OS2/c20-10-14(18-22-15-8-4-5-9-16(15)23-18)17(24)12-26-19(25)21-11-13-6-2-1-3-7-13/h4-5,8-9,13,24H,1-3,6-7,11-12H2,(H,21,25)(H,22,23)/b17-14+. The average molecular weight is 387 g/mol. The summed E-state index contributed by atoms with van der Waals surface area (Å²) >= 11 is 6.68. The number of aromatic nitrogens is 2. The molecule has 0 saturated heterocycles. The zero-order valence-corrected chi connectivity index (χ0v) is 16.1. The molecule has 136 valence electrons. The smallest absolute Gasteiger partial charge is 0.152 e. The third kappa shape index (κ3) is 4.77. The van der Waals surface area contributed by atoms with Crippen LogP contribution in [0.4, 0.5) is 0 Å². The second kappa shape index (κ2) is 9.06. The zero-order valence-electron chi connectivity index (χ0n) is 14.5. The molecule has 3 N–H and O–H groups in total. The molecule has 1 aromatic carbocycles. The number of rotatable bonds is 5. The van der Waals surface area contributed by atoms with E-state index >= 15 is 0 Å². The lowest BCUT2D eigenvalue weighted by atomic mass is 9.89. The predicted octanol–water partition coefficient (Wildman–Crippen LogP) is 4.54. The first-order valence-electron chi connectivity index (χ1n) is 8.85. The number of aliphatic hydroxyl groups is 1. The lowest BCUT2D eigenvalue weighted by Crippen LogP contribution is -2.27. The Bertz CT molecular complexity index is 814. The minimum atomic E-state index is -0.0154. The average Bonchev–Trinajstić information content (AvgIpc) is 3.09. The molecule has 0 atom stereocenters. The molecule has 0 unspecified atom stereocenters. The summed E-state index contributed by atoms with van der Waals surface area (Å²) in [7, 11) is 0. The minimum absolute atomic E-state index is 0.0154. The number of fused-ring (bicyclic) bond motifs is 1. The largest absolute Gasteiger partial charge is 0.510 e. The van der Waals surface area contributed by atoms with Crippen molar-refractivity contribution in [2.45, 2.75) is 32.1 Å². The third-order valence-electron chi connectivity index (χ3n) is 4.63. The van der Waals surface area contributed by atoms with Gasteiger partial charge < -0.3 is 15.4 Å². The number of imidazole rings is 1. The number of nitrogens with one attached hydrogen (secondary N) is 2. The molecule has 1 fully saturated rings. The fraction of sp³-hybridized carbons (Fsp3) is 0.421. The number of nitriles is 1. The summed E-state index contributed by atoms with van der Waals surface area (Å²) in [6.45, 7) is 0.894. The molecule has 0 bridgehead atoms. The van der Waals surface area contributed by atoms with E-state index in [1.165, 1.54) is 43.9 Å². The predicted molar refractivity (Wildman–Crippen MR) is 111 cm³/mol. The number of thiocarbonyl (C=S) groups is 1. The molecule has 0 spiro atoms. The van der Waals surface area contributed by atoms with E-state index in [2.05, 4.69) is 15.3 Å². The van der Waals surface area contributed by atoms with Gasteiger partial charge in [-0.2, -0.15) is 5.26 Å². The molecule has 1 aliphatic carbocycles. The van der Waals surface area contributed by atoms with Crippen molar-refractivity contribution >= 4 is 44.9 Å². The summed E-state index contributed by atoms with van der Waals surface area (Å²) in [4.78, 5) is 7.45. The summed E-state index contributed by atoms with van der Waals surface area (Å²) in [5.41, 5.74) is 1.75. The number of hydrogen-bond donors (Lipinski definition) is 3. The first kappa shape index (κ1) is 18.7. The Morgan fingerprint density at radius 3 is 2.85 bits per heavy atom. The first-order chi connectivity index (χ1) is 12.7. The second-order valence-electron chi connectivity index (χ2n) is 6.50. The summed E-state index contributed by atoms with van der Waals surface area (Å²) in [6.07, 6.45) is 6.47. The molecule has 1 aromatic heterocycles. The highest BCUT2D eigenvalue weighted by molar-refractivity contribution is 8.23.